The molecule has 0 radical (unpaired) electrons. The summed E-state index contributed by atoms with van der Waals surface area (Å²) in [7, 11) is 0. The molecular formula is C18H18N4S. The predicted octanol–water partition coefficient (Wildman–Crippen LogP) is 3.72. The summed E-state index contributed by atoms with van der Waals surface area (Å²) in [6.45, 7) is 4.84. The van der Waals surface area contributed by atoms with Crippen LogP contribution in [0.4, 0.5) is 0 Å². The van der Waals surface area contributed by atoms with Crippen molar-refractivity contribution in [3.05, 3.63) is 70.1 Å². The number of benzene rings is 1. The first-order valence-electron chi connectivity index (χ1n) is 7.51. The van der Waals surface area contributed by atoms with Gasteiger partial charge in [0.25, 0.3) is 0 Å². The van der Waals surface area contributed by atoms with Gasteiger partial charge in [0, 0.05) is 23.7 Å². The molecule has 3 aromatic rings. The summed E-state index contributed by atoms with van der Waals surface area (Å²) in [5.41, 5.74) is 4.23. The lowest BCUT2D eigenvalue weighted by Crippen LogP contribution is -2.12. The number of hydrogen-bond donors (Lipinski definition) is 0. The van der Waals surface area contributed by atoms with Crippen LogP contribution in [0, 0.1) is 6.92 Å². The fourth-order valence-electron chi connectivity index (χ4n) is 2.15. The van der Waals surface area contributed by atoms with E-state index in [1.807, 2.05) is 29.8 Å². The quantitative estimate of drug-likeness (QED) is 0.675. The summed E-state index contributed by atoms with van der Waals surface area (Å²) in [5.74, 6) is 0. The second-order valence-electron chi connectivity index (χ2n) is 5.05. The van der Waals surface area contributed by atoms with E-state index < -0.39 is 0 Å². The number of hydrogen-bond acceptors (Lipinski definition) is 4. The van der Waals surface area contributed by atoms with Crippen molar-refractivity contribution in [3.8, 4) is 11.3 Å². The molecule has 3 rings (SSSR count). The highest BCUT2D eigenvalue weighted by atomic mass is 32.1. The molecule has 0 aliphatic rings. The Hall–Kier alpha value is -2.53. The Kier molecular flexibility index (Phi) is 4.78. The van der Waals surface area contributed by atoms with E-state index in [0.717, 1.165) is 28.3 Å². The number of pyridine rings is 1. The highest BCUT2D eigenvalue weighted by Gasteiger charge is 2.07. The summed E-state index contributed by atoms with van der Waals surface area (Å²) in [6, 6.07) is 14.2. The molecule has 4 nitrogen and oxygen atoms in total. The van der Waals surface area contributed by atoms with Gasteiger partial charge in [0.2, 0.25) is 4.80 Å². The number of aryl methyl sites for hydroxylation is 1. The molecule has 0 spiro atoms. The SMILES string of the molecule is CCN=c1scc(-c2ccc(C)cc2)n1/N=C/c1ccccn1. The number of nitrogens with zero attached hydrogens (tertiary/aromatic N) is 4. The van der Waals surface area contributed by atoms with Crippen molar-refractivity contribution in [2.45, 2.75) is 13.8 Å². The molecule has 0 saturated carbocycles. The molecule has 2 aromatic heterocycles. The van der Waals surface area contributed by atoms with E-state index in [0.29, 0.717) is 0 Å². The van der Waals surface area contributed by atoms with Crippen LogP contribution in [0.2, 0.25) is 0 Å². The summed E-state index contributed by atoms with van der Waals surface area (Å²) >= 11 is 1.60. The molecule has 0 N–H and O–H groups in total. The van der Waals surface area contributed by atoms with Crippen molar-refractivity contribution in [2.24, 2.45) is 10.1 Å². The summed E-state index contributed by atoms with van der Waals surface area (Å²) in [4.78, 5) is 9.69. The van der Waals surface area contributed by atoms with Crippen LogP contribution < -0.4 is 4.80 Å². The molecule has 5 heteroatoms. The summed E-state index contributed by atoms with van der Waals surface area (Å²) in [6.07, 6.45) is 3.52. The maximum atomic E-state index is 4.60. The molecule has 2 heterocycles. The predicted molar refractivity (Wildman–Crippen MR) is 95.8 cm³/mol. The minimum Gasteiger partial charge on any atom is -0.258 e. The van der Waals surface area contributed by atoms with Crippen LogP contribution in [0.3, 0.4) is 0 Å². The first-order valence-corrected chi connectivity index (χ1v) is 8.39. The summed E-state index contributed by atoms with van der Waals surface area (Å²) in [5, 5.41) is 6.69. The maximum absolute atomic E-state index is 4.60. The fourth-order valence-corrected chi connectivity index (χ4v) is 3.05. The minimum absolute atomic E-state index is 0.729. The highest BCUT2D eigenvalue weighted by Crippen LogP contribution is 2.20. The second-order valence-corrected chi connectivity index (χ2v) is 5.89. The van der Waals surface area contributed by atoms with E-state index in [1.165, 1.54) is 5.56 Å². The molecule has 0 unspecified atom stereocenters. The fraction of sp³-hybridized carbons (Fsp3) is 0.167. The number of thiazole rings is 1. The van der Waals surface area contributed by atoms with Gasteiger partial charge in [0.1, 0.15) is 0 Å². The molecule has 0 amide bonds. The van der Waals surface area contributed by atoms with Gasteiger partial charge in [-0.2, -0.15) is 5.10 Å². The Bertz CT molecular complexity index is 858. The highest BCUT2D eigenvalue weighted by molar-refractivity contribution is 7.07. The normalized spacial score (nSPS) is 12.2. The lowest BCUT2D eigenvalue weighted by Gasteiger charge is -2.04. The van der Waals surface area contributed by atoms with Gasteiger partial charge in [-0.05, 0) is 26.0 Å². The average Bonchev–Trinajstić information content (AvgIpc) is 2.98. The Morgan fingerprint density at radius 3 is 2.70 bits per heavy atom. The Morgan fingerprint density at radius 1 is 1.17 bits per heavy atom. The second kappa shape index (κ2) is 7.15. The van der Waals surface area contributed by atoms with E-state index in [9.17, 15) is 0 Å². The van der Waals surface area contributed by atoms with Crippen LogP contribution in [0.15, 0.2) is 64.1 Å². The van der Waals surface area contributed by atoms with Gasteiger partial charge < -0.3 is 0 Å². The topological polar surface area (TPSA) is 42.5 Å². The van der Waals surface area contributed by atoms with Crippen LogP contribution in [-0.4, -0.2) is 22.4 Å². The van der Waals surface area contributed by atoms with E-state index in [1.54, 1.807) is 23.7 Å². The van der Waals surface area contributed by atoms with Gasteiger partial charge in [0.05, 0.1) is 17.6 Å². The third-order valence-electron chi connectivity index (χ3n) is 3.32. The third kappa shape index (κ3) is 3.63. The van der Waals surface area contributed by atoms with Crippen LogP contribution in [0.5, 0.6) is 0 Å². The lowest BCUT2D eigenvalue weighted by atomic mass is 10.1. The molecule has 0 aliphatic carbocycles. The Morgan fingerprint density at radius 2 is 2.00 bits per heavy atom. The zero-order valence-electron chi connectivity index (χ0n) is 13.2. The third-order valence-corrected chi connectivity index (χ3v) is 4.17. The van der Waals surface area contributed by atoms with Gasteiger partial charge in [-0.3, -0.25) is 9.98 Å². The van der Waals surface area contributed by atoms with Gasteiger partial charge >= 0.3 is 0 Å². The molecule has 23 heavy (non-hydrogen) atoms. The molecule has 116 valence electrons. The summed E-state index contributed by atoms with van der Waals surface area (Å²) < 4.78 is 1.88. The van der Waals surface area contributed by atoms with Gasteiger partial charge in [-0.25, -0.2) is 4.68 Å². The molecule has 0 fully saturated rings. The van der Waals surface area contributed by atoms with E-state index in [4.69, 9.17) is 0 Å². The molecule has 0 atom stereocenters. The smallest absolute Gasteiger partial charge is 0.206 e. The molecule has 0 saturated heterocycles. The molecule has 1 aromatic carbocycles. The average molecular weight is 322 g/mol. The molecule has 0 bridgehead atoms. The van der Waals surface area contributed by atoms with Gasteiger partial charge in [-0.15, -0.1) is 11.3 Å². The van der Waals surface area contributed by atoms with E-state index in [2.05, 4.69) is 51.6 Å². The van der Waals surface area contributed by atoms with Crippen molar-refractivity contribution in [3.63, 3.8) is 0 Å². The Labute approximate surface area is 139 Å². The monoisotopic (exact) mass is 322 g/mol. The van der Waals surface area contributed by atoms with Crippen LogP contribution in [-0.2, 0) is 0 Å². The van der Waals surface area contributed by atoms with Crippen molar-refractivity contribution in [1.29, 1.82) is 0 Å². The lowest BCUT2D eigenvalue weighted by molar-refractivity contribution is 0.832. The molecule has 0 aliphatic heterocycles. The largest absolute Gasteiger partial charge is 0.258 e. The van der Waals surface area contributed by atoms with Crippen molar-refractivity contribution < 1.29 is 0 Å². The van der Waals surface area contributed by atoms with E-state index in [-0.39, 0.29) is 0 Å². The van der Waals surface area contributed by atoms with Crippen molar-refractivity contribution >= 4 is 17.6 Å². The zero-order valence-corrected chi connectivity index (χ0v) is 14.0. The molecular weight excluding hydrogens is 304 g/mol. The van der Waals surface area contributed by atoms with Crippen molar-refractivity contribution in [1.82, 2.24) is 9.66 Å². The standard InChI is InChI=1S/C18H18N4S/c1-3-19-18-22(21-12-16-6-4-5-11-20-16)17(13-23-18)15-9-7-14(2)8-10-15/h4-13H,3H2,1-2H3/b19-18?,21-12+. The Balaban J connectivity index is 2.06. The first kappa shape index (κ1) is 15.4. The van der Waals surface area contributed by atoms with Crippen molar-refractivity contribution in [2.75, 3.05) is 6.54 Å². The van der Waals surface area contributed by atoms with Gasteiger partial charge in [0.15, 0.2) is 0 Å². The van der Waals surface area contributed by atoms with Crippen LogP contribution in [0.1, 0.15) is 18.2 Å². The first-order chi connectivity index (χ1) is 11.3. The van der Waals surface area contributed by atoms with E-state index >= 15 is 0 Å². The van der Waals surface area contributed by atoms with Crippen LogP contribution >= 0.6 is 11.3 Å². The minimum atomic E-state index is 0.729. The zero-order chi connectivity index (χ0) is 16.1. The van der Waals surface area contributed by atoms with Crippen LogP contribution in [0.25, 0.3) is 11.3 Å². The number of rotatable bonds is 4. The van der Waals surface area contributed by atoms with Gasteiger partial charge in [-0.1, -0.05) is 35.9 Å². The number of aromatic nitrogens is 2. The maximum Gasteiger partial charge on any atom is 0.206 e.